The van der Waals surface area contributed by atoms with E-state index in [1.165, 1.54) is 36.1 Å². The van der Waals surface area contributed by atoms with Gasteiger partial charge in [0.15, 0.2) is 0 Å². The summed E-state index contributed by atoms with van der Waals surface area (Å²) in [6, 6.07) is 19.4. The second kappa shape index (κ2) is 5.40. The van der Waals surface area contributed by atoms with Crippen molar-refractivity contribution in [3.05, 3.63) is 77.1 Å². The maximum Gasteiger partial charge on any atom is 0.130 e. The van der Waals surface area contributed by atoms with Crippen molar-refractivity contribution in [1.82, 2.24) is 0 Å². The summed E-state index contributed by atoms with van der Waals surface area (Å²) in [5.74, 6) is 2.81. The Hall–Kier alpha value is -2.02. The first-order chi connectivity index (χ1) is 10.4. The first-order valence-corrected chi connectivity index (χ1v) is 7.94. The van der Waals surface area contributed by atoms with Crippen LogP contribution in [0.1, 0.15) is 42.7 Å². The number of ether oxygens (including phenoxy) is 1. The fourth-order valence-electron chi connectivity index (χ4n) is 3.65. The summed E-state index contributed by atoms with van der Waals surface area (Å²) < 4.78 is 6.18. The van der Waals surface area contributed by atoms with Crippen LogP contribution in [0.25, 0.3) is 0 Å². The summed E-state index contributed by atoms with van der Waals surface area (Å²) in [5.41, 5.74) is 4.32. The van der Waals surface area contributed by atoms with E-state index in [2.05, 4.69) is 54.6 Å². The Morgan fingerprint density at radius 3 is 2.52 bits per heavy atom. The topological polar surface area (TPSA) is 9.23 Å². The van der Waals surface area contributed by atoms with Crippen molar-refractivity contribution >= 4 is 0 Å². The molecule has 0 unspecified atom stereocenters. The summed E-state index contributed by atoms with van der Waals surface area (Å²) in [5, 5.41) is 0. The molecule has 2 aromatic carbocycles. The first-order valence-electron chi connectivity index (χ1n) is 7.94. The normalized spacial score (nSPS) is 20.5. The van der Waals surface area contributed by atoms with Crippen LogP contribution in [-0.4, -0.2) is 0 Å². The Bertz CT molecular complexity index is 669. The molecule has 106 valence electrons. The first kappa shape index (κ1) is 12.7. The third-order valence-corrected chi connectivity index (χ3v) is 4.69. The van der Waals surface area contributed by atoms with E-state index in [0.717, 1.165) is 18.6 Å². The standard InChI is InChI=1S/C20H20O/c1-2-8-15(9-3-1)14-18-16-10-4-6-12-19(16)21-20-13-7-5-11-17(18)20/h1-4,6,8-10,12,18H,5,7,11,13-14H2/t18-/m1/s1. The number of rotatable bonds is 2. The van der Waals surface area contributed by atoms with Gasteiger partial charge in [0.25, 0.3) is 0 Å². The smallest absolute Gasteiger partial charge is 0.130 e. The molecule has 2 aromatic rings. The van der Waals surface area contributed by atoms with Crippen molar-refractivity contribution in [1.29, 1.82) is 0 Å². The minimum atomic E-state index is 0.493. The number of hydrogen-bond donors (Lipinski definition) is 0. The summed E-state index contributed by atoms with van der Waals surface area (Å²) in [6.45, 7) is 0. The van der Waals surface area contributed by atoms with Crippen molar-refractivity contribution in [3.63, 3.8) is 0 Å². The van der Waals surface area contributed by atoms with E-state index < -0.39 is 0 Å². The molecule has 1 heterocycles. The van der Waals surface area contributed by atoms with Crippen LogP contribution in [-0.2, 0) is 6.42 Å². The zero-order chi connectivity index (χ0) is 14.1. The van der Waals surface area contributed by atoms with E-state index in [9.17, 15) is 0 Å². The second-order valence-electron chi connectivity index (χ2n) is 6.04. The van der Waals surface area contributed by atoms with Crippen LogP contribution in [0.15, 0.2) is 65.9 Å². The average Bonchev–Trinajstić information content (AvgIpc) is 2.55. The van der Waals surface area contributed by atoms with Crippen LogP contribution in [0.4, 0.5) is 0 Å². The average molecular weight is 276 g/mol. The Kier molecular flexibility index (Phi) is 3.27. The summed E-state index contributed by atoms with van der Waals surface area (Å²) in [4.78, 5) is 0. The monoisotopic (exact) mass is 276 g/mol. The lowest BCUT2D eigenvalue weighted by Crippen LogP contribution is -2.20. The van der Waals surface area contributed by atoms with Gasteiger partial charge in [0, 0.05) is 17.9 Å². The van der Waals surface area contributed by atoms with Gasteiger partial charge in [-0.25, -0.2) is 0 Å². The molecule has 4 rings (SSSR count). The third kappa shape index (κ3) is 2.37. The van der Waals surface area contributed by atoms with Crippen LogP contribution < -0.4 is 4.74 Å². The highest BCUT2D eigenvalue weighted by atomic mass is 16.5. The molecular weight excluding hydrogens is 256 g/mol. The predicted molar refractivity (Wildman–Crippen MR) is 85.5 cm³/mol. The minimum absolute atomic E-state index is 0.493. The zero-order valence-electron chi connectivity index (χ0n) is 12.2. The maximum atomic E-state index is 6.18. The number of fused-ring (bicyclic) bond motifs is 1. The molecule has 21 heavy (non-hydrogen) atoms. The fraction of sp³-hybridized carbons (Fsp3) is 0.300. The van der Waals surface area contributed by atoms with Gasteiger partial charge >= 0.3 is 0 Å². The highest BCUT2D eigenvalue weighted by Gasteiger charge is 2.30. The molecule has 1 nitrogen and oxygen atoms in total. The highest BCUT2D eigenvalue weighted by molar-refractivity contribution is 5.47. The largest absolute Gasteiger partial charge is 0.461 e. The van der Waals surface area contributed by atoms with Crippen molar-refractivity contribution in [2.45, 2.75) is 38.0 Å². The highest BCUT2D eigenvalue weighted by Crippen LogP contribution is 2.45. The minimum Gasteiger partial charge on any atom is -0.461 e. The molecule has 0 aromatic heterocycles. The molecule has 1 aliphatic carbocycles. The Morgan fingerprint density at radius 2 is 1.62 bits per heavy atom. The molecule has 0 bridgehead atoms. The molecule has 0 radical (unpaired) electrons. The van der Waals surface area contributed by atoms with E-state index in [-0.39, 0.29) is 0 Å². The van der Waals surface area contributed by atoms with Gasteiger partial charge in [-0.15, -0.1) is 0 Å². The van der Waals surface area contributed by atoms with Crippen molar-refractivity contribution < 1.29 is 4.74 Å². The Morgan fingerprint density at radius 1 is 0.857 bits per heavy atom. The molecule has 0 saturated heterocycles. The van der Waals surface area contributed by atoms with Gasteiger partial charge in [-0.3, -0.25) is 0 Å². The zero-order valence-corrected chi connectivity index (χ0v) is 12.2. The van der Waals surface area contributed by atoms with Crippen LogP contribution in [0.5, 0.6) is 5.75 Å². The number of hydrogen-bond acceptors (Lipinski definition) is 1. The van der Waals surface area contributed by atoms with Gasteiger partial charge in [-0.1, -0.05) is 48.5 Å². The van der Waals surface area contributed by atoms with E-state index in [0.29, 0.717) is 5.92 Å². The molecule has 0 spiro atoms. The van der Waals surface area contributed by atoms with Crippen LogP contribution in [0.2, 0.25) is 0 Å². The second-order valence-corrected chi connectivity index (χ2v) is 6.04. The maximum absolute atomic E-state index is 6.18. The van der Waals surface area contributed by atoms with Gasteiger partial charge < -0.3 is 4.74 Å². The Balaban J connectivity index is 1.76. The fourth-order valence-corrected chi connectivity index (χ4v) is 3.65. The molecule has 0 fully saturated rings. The van der Waals surface area contributed by atoms with Gasteiger partial charge in [0.05, 0.1) is 0 Å². The molecule has 0 amide bonds. The molecule has 1 heteroatoms. The lowest BCUT2D eigenvalue weighted by atomic mass is 9.78. The molecule has 2 aliphatic rings. The van der Waals surface area contributed by atoms with Crippen LogP contribution in [0, 0.1) is 0 Å². The van der Waals surface area contributed by atoms with Crippen molar-refractivity contribution in [2.75, 3.05) is 0 Å². The summed E-state index contributed by atoms with van der Waals surface area (Å²) in [7, 11) is 0. The van der Waals surface area contributed by atoms with E-state index in [4.69, 9.17) is 4.74 Å². The third-order valence-electron chi connectivity index (χ3n) is 4.69. The quantitative estimate of drug-likeness (QED) is 0.729. The van der Waals surface area contributed by atoms with Crippen LogP contribution >= 0.6 is 0 Å². The predicted octanol–water partition coefficient (Wildman–Crippen LogP) is 5.23. The lowest BCUT2D eigenvalue weighted by Gasteiger charge is -2.33. The van der Waals surface area contributed by atoms with Crippen LogP contribution in [0.3, 0.4) is 0 Å². The van der Waals surface area contributed by atoms with Crippen molar-refractivity contribution in [3.8, 4) is 5.75 Å². The number of para-hydroxylation sites is 1. The van der Waals surface area contributed by atoms with Gasteiger partial charge in [0.1, 0.15) is 11.5 Å². The molecule has 0 saturated carbocycles. The van der Waals surface area contributed by atoms with E-state index in [1.807, 2.05) is 0 Å². The lowest BCUT2D eigenvalue weighted by molar-refractivity contribution is 0.343. The van der Waals surface area contributed by atoms with E-state index in [1.54, 1.807) is 5.57 Å². The van der Waals surface area contributed by atoms with Gasteiger partial charge in [-0.05, 0) is 42.9 Å². The van der Waals surface area contributed by atoms with E-state index >= 15 is 0 Å². The Labute approximate surface area is 126 Å². The molecule has 1 atom stereocenters. The molecule has 0 N–H and O–H groups in total. The number of allylic oxidation sites excluding steroid dienone is 2. The SMILES string of the molecule is c1ccc(C[C@H]2C3=C(CCCC3)Oc3ccccc32)cc1. The number of benzene rings is 2. The van der Waals surface area contributed by atoms with Gasteiger partial charge in [0.2, 0.25) is 0 Å². The van der Waals surface area contributed by atoms with Crippen molar-refractivity contribution in [2.24, 2.45) is 0 Å². The molecule has 1 aliphatic heterocycles. The summed E-state index contributed by atoms with van der Waals surface area (Å²) >= 11 is 0. The van der Waals surface area contributed by atoms with Gasteiger partial charge in [-0.2, -0.15) is 0 Å². The summed E-state index contributed by atoms with van der Waals surface area (Å²) in [6.07, 6.45) is 5.95. The molecular formula is C20H20O.